The molecule has 1 aromatic heterocycles. The number of methoxy groups -OCH3 is 1. The van der Waals surface area contributed by atoms with Gasteiger partial charge in [-0.25, -0.2) is 4.79 Å². The molecule has 0 unspecified atom stereocenters. The molecule has 1 aromatic carbocycles. The third-order valence-corrected chi connectivity index (χ3v) is 2.10. The summed E-state index contributed by atoms with van der Waals surface area (Å²) in [5, 5.41) is 12.2. The molecule has 0 atom stereocenters. The van der Waals surface area contributed by atoms with Gasteiger partial charge in [0.15, 0.2) is 11.5 Å². The molecule has 2 aromatic rings. The molecule has 5 heteroatoms. The summed E-state index contributed by atoms with van der Waals surface area (Å²) >= 11 is 0. The van der Waals surface area contributed by atoms with Crippen LogP contribution in [0.3, 0.4) is 0 Å². The van der Waals surface area contributed by atoms with Crippen LogP contribution in [0.4, 0.5) is 0 Å². The van der Waals surface area contributed by atoms with Gasteiger partial charge in [0, 0.05) is 6.07 Å². The number of aromatic nitrogens is 1. The van der Waals surface area contributed by atoms with Crippen molar-refractivity contribution in [1.29, 1.82) is 0 Å². The molecule has 0 fully saturated rings. The van der Waals surface area contributed by atoms with Gasteiger partial charge < -0.3 is 14.4 Å². The van der Waals surface area contributed by atoms with Gasteiger partial charge in [-0.05, 0) is 12.1 Å². The lowest BCUT2D eigenvalue weighted by atomic mass is 10.1. The van der Waals surface area contributed by atoms with Gasteiger partial charge in [0.05, 0.1) is 12.7 Å². The van der Waals surface area contributed by atoms with Crippen molar-refractivity contribution in [3.05, 3.63) is 36.0 Å². The van der Waals surface area contributed by atoms with Gasteiger partial charge in [0.25, 0.3) is 0 Å². The number of nitrogens with zero attached hydrogens (tertiary/aromatic N) is 1. The summed E-state index contributed by atoms with van der Waals surface area (Å²) in [6.45, 7) is 0. The van der Waals surface area contributed by atoms with E-state index in [9.17, 15) is 4.79 Å². The van der Waals surface area contributed by atoms with Crippen molar-refractivity contribution < 1.29 is 19.2 Å². The second-order valence-electron chi connectivity index (χ2n) is 3.08. The fraction of sp³-hybridized carbons (Fsp3) is 0.0909. The van der Waals surface area contributed by atoms with Crippen LogP contribution in [0.1, 0.15) is 10.5 Å². The minimum absolute atomic E-state index is 0.124. The molecule has 0 saturated heterocycles. The molecule has 0 aliphatic rings. The summed E-state index contributed by atoms with van der Waals surface area (Å²) in [6.07, 6.45) is 0. The lowest BCUT2D eigenvalue weighted by molar-refractivity contribution is 0.0686. The maximum Gasteiger partial charge on any atom is 0.358 e. The van der Waals surface area contributed by atoms with E-state index in [1.807, 2.05) is 6.07 Å². The highest BCUT2D eigenvalue weighted by Gasteiger charge is 2.14. The maximum absolute atomic E-state index is 10.6. The number of carboxylic acid groups (broad SMARTS) is 1. The fourth-order valence-electron chi connectivity index (χ4n) is 1.35. The van der Waals surface area contributed by atoms with E-state index in [4.69, 9.17) is 14.4 Å². The minimum Gasteiger partial charge on any atom is -0.496 e. The molecule has 0 saturated carbocycles. The van der Waals surface area contributed by atoms with Crippen molar-refractivity contribution in [3.8, 4) is 17.1 Å². The topological polar surface area (TPSA) is 72.6 Å². The molecule has 0 aliphatic heterocycles. The predicted molar refractivity (Wildman–Crippen MR) is 55.5 cm³/mol. The van der Waals surface area contributed by atoms with Gasteiger partial charge in [0.1, 0.15) is 5.75 Å². The van der Waals surface area contributed by atoms with Gasteiger partial charge >= 0.3 is 5.97 Å². The Kier molecular flexibility index (Phi) is 2.59. The third-order valence-electron chi connectivity index (χ3n) is 2.10. The summed E-state index contributed by atoms with van der Waals surface area (Å²) in [6, 6.07) is 8.51. The summed E-state index contributed by atoms with van der Waals surface area (Å²) in [4.78, 5) is 10.6. The van der Waals surface area contributed by atoms with E-state index in [2.05, 4.69) is 5.16 Å². The first-order valence-corrected chi connectivity index (χ1v) is 4.56. The van der Waals surface area contributed by atoms with Gasteiger partial charge in [0.2, 0.25) is 0 Å². The van der Waals surface area contributed by atoms with E-state index in [0.29, 0.717) is 17.1 Å². The molecule has 2 rings (SSSR count). The van der Waals surface area contributed by atoms with E-state index in [1.54, 1.807) is 18.2 Å². The van der Waals surface area contributed by atoms with E-state index in [0.717, 1.165) is 0 Å². The average molecular weight is 219 g/mol. The first-order valence-electron chi connectivity index (χ1n) is 4.56. The Balaban J connectivity index is 2.46. The SMILES string of the molecule is COc1ccccc1-c1cc(C(=O)O)no1. The molecular weight excluding hydrogens is 210 g/mol. The molecule has 0 aliphatic carbocycles. The maximum atomic E-state index is 10.6. The summed E-state index contributed by atoms with van der Waals surface area (Å²) in [5.74, 6) is -0.143. The number of rotatable bonds is 3. The molecule has 0 radical (unpaired) electrons. The highest BCUT2D eigenvalue weighted by atomic mass is 16.5. The number of hydrogen-bond acceptors (Lipinski definition) is 4. The number of benzene rings is 1. The molecule has 16 heavy (non-hydrogen) atoms. The van der Waals surface area contributed by atoms with Crippen LogP contribution >= 0.6 is 0 Å². The molecule has 0 amide bonds. The number of carbonyl (C=O) groups is 1. The zero-order valence-electron chi connectivity index (χ0n) is 8.51. The second kappa shape index (κ2) is 4.06. The lowest BCUT2D eigenvalue weighted by Crippen LogP contribution is -1.94. The van der Waals surface area contributed by atoms with Crippen molar-refractivity contribution in [2.24, 2.45) is 0 Å². The van der Waals surface area contributed by atoms with Crippen LogP contribution < -0.4 is 4.74 Å². The van der Waals surface area contributed by atoms with E-state index in [-0.39, 0.29) is 5.69 Å². The fourth-order valence-corrected chi connectivity index (χ4v) is 1.35. The Hall–Kier alpha value is -2.30. The van der Waals surface area contributed by atoms with Crippen LogP contribution in [-0.2, 0) is 0 Å². The minimum atomic E-state index is -1.12. The predicted octanol–water partition coefficient (Wildman–Crippen LogP) is 2.05. The molecule has 1 N–H and O–H groups in total. The van der Waals surface area contributed by atoms with E-state index >= 15 is 0 Å². The molecule has 5 nitrogen and oxygen atoms in total. The number of hydrogen-bond donors (Lipinski definition) is 1. The van der Waals surface area contributed by atoms with E-state index in [1.165, 1.54) is 13.2 Å². The first-order chi connectivity index (χ1) is 7.72. The third kappa shape index (κ3) is 1.75. The standard InChI is InChI=1S/C11H9NO4/c1-15-9-5-3-2-4-7(9)10-6-8(11(13)14)12-16-10/h2-6H,1H3,(H,13,14). The van der Waals surface area contributed by atoms with Gasteiger partial charge in [-0.3, -0.25) is 0 Å². The Morgan fingerprint density at radius 1 is 1.44 bits per heavy atom. The van der Waals surface area contributed by atoms with Crippen molar-refractivity contribution in [1.82, 2.24) is 5.16 Å². The van der Waals surface area contributed by atoms with Crippen LogP contribution in [0.2, 0.25) is 0 Å². The summed E-state index contributed by atoms with van der Waals surface area (Å²) in [5.41, 5.74) is 0.547. The largest absolute Gasteiger partial charge is 0.496 e. The highest BCUT2D eigenvalue weighted by molar-refractivity contribution is 5.86. The smallest absolute Gasteiger partial charge is 0.358 e. The zero-order chi connectivity index (χ0) is 11.5. The Morgan fingerprint density at radius 3 is 2.81 bits per heavy atom. The number of para-hydroxylation sites is 1. The van der Waals surface area contributed by atoms with Gasteiger partial charge in [-0.15, -0.1) is 0 Å². The van der Waals surface area contributed by atoms with Crippen molar-refractivity contribution in [3.63, 3.8) is 0 Å². The number of aromatic carboxylic acids is 1. The molecule has 82 valence electrons. The van der Waals surface area contributed by atoms with Crippen LogP contribution in [0.25, 0.3) is 11.3 Å². The summed E-state index contributed by atoms with van der Waals surface area (Å²) in [7, 11) is 1.54. The second-order valence-corrected chi connectivity index (χ2v) is 3.08. The zero-order valence-corrected chi connectivity index (χ0v) is 8.51. The quantitative estimate of drug-likeness (QED) is 0.855. The van der Waals surface area contributed by atoms with Crippen LogP contribution in [-0.4, -0.2) is 23.3 Å². The van der Waals surface area contributed by atoms with E-state index < -0.39 is 5.97 Å². The van der Waals surface area contributed by atoms with Crippen molar-refractivity contribution in [2.45, 2.75) is 0 Å². The lowest BCUT2D eigenvalue weighted by Gasteiger charge is -2.03. The molecule has 0 spiro atoms. The number of carboxylic acids is 1. The first kappa shape index (κ1) is 10.2. The van der Waals surface area contributed by atoms with Gasteiger partial charge in [-0.2, -0.15) is 0 Å². The normalized spacial score (nSPS) is 10.1. The van der Waals surface area contributed by atoms with Crippen LogP contribution in [0.5, 0.6) is 5.75 Å². The monoisotopic (exact) mass is 219 g/mol. The molecule has 1 heterocycles. The van der Waals surface area contributed by atoms with Crippen molar-refractivity contribution >= 4 is 5.97 Å². The Labute approximate surface area is 91.3 Å². The van der Waals surface area contributed by atoms with Crippen LogP contribution in [0, 0.1) is 0 Å². The molecular formula is C11H9NO4. The number of ether oxygens (including phenoxy) is 1. The average Bonchev–Trinajstić information content (AvgIpc) is 2.78. The van der Waals surface area contributed by atoms with Gasteiger partial charge in [-0.1, -0.05) is 17.3 Å². The molecule has 0 bridgehead atoms. The Bertz CT molecular complexity index is 518. The van der Waals surface area contributed by atoms with Crippen molar-refractivity contribution in [2.75, 3.05) is 7.11 Å². The Morgan fingerprint density at radius 2 is 2.19 bits per heavy atom. The highest BCUT2D eigenvalue weighted by Crippen LogP contribution is 2.29. The van der Waals surface area contributed by atoms with Crippen LogP contribution in [0.15, 0.2) is 34.9 Å². The summed E-state index contributed by atoms with van der Waals surface area (Å²) < 4.78 is 10.1.